The number of amides is 2. The highest BCUT2D eigenvalue weighted by Crippen LogP contribution is 2.38. The van der Waals surface area contributed by atoms with Gasteiger partial charge in [-0.05, 0) is 38.0 Å². The predicted molar refractivity (Wildman–Crippen MR) is 93.2 cm³/mol. The van der Waals surface area contributed by atoms with Gasteiger partial charge in [-0.25, -0.2) is 9.79 Å². The van der Waals surface area contributed by atoms with E-state index in [-0.39, 0.29) is 24.3 Å². The molecule has 0 aromatic rings. The Morgan fingerprint density at radius 2 is 2.28 bits per heavy atom. The number of rotatable bonds is 2. The predicted octanol–water partition coefficient (Wildman–Crippen LogP) is 0.436. The summed E-state index contributed by atoms with van der Waals surface area (Å²) in [6.07, 6.45) is 9.82. The number of hydrogen-bond donors (Lipinski definition) is 3. The van der Waals surface area contributed by atoms with Crippen LogP contribution in [0.3, 0.4) is 0 Å². The molecular weight excluding hydrogens is 318 g/mol. The monoisotopic (exact) mass is 341 g/mol. The van der Waals surface area contributed by atoms with Crippen molar-refractivity contribution in [2.24, 2.45) is 4.99 Å². The van der Waals surface area contributed by atoms with Gasteiger partial charge < -0.3 is 25.8 Å². The fraction of sp³-hybridized carbons (Fsp3) is 0.588. The van der Waals surface area contributed by atoms with Gasteiger partial charge in [0.1, 0.15) is 18.5 Å². The lowest BCUT2D eigenvalue weighted by Gasteiger charge is -2.47. The second kappa shape index (κ2) is 6.31. The van der Waals surface area contributed by atoms with Gasteiger partial charge in [0.15, 0.2) is 0 Å². The van der Waals surface area contributed by atoms with Crippen LogP contribution < -0.4 is 16.0 Å². The maximum atomic E-state index is 12.5. The molecule has 4 aliphatic rings. The summed E-state index contributed by atoms with van der Waals surface area (Å²) >= 11 is 0. The molecule has 25 heavy (non-hydrogen) atoms. The van der Waals surface area contributed by atoms with Crippen LogP contribution in [0, 0.1) is 11.3 Å². The zero-order chi connectivity index (χ0) is 17.3. The molecule has 0 aromatic heterocycles. The van der Waals surface area contributed by atoms with Crippen LogP contribution >= 0.6 is 0 Å². The second-order valence-electron chi connectivity index (χ2n) is 6.95. The van der Waals surface area contributed by atoms with Crippen molar-refractivity contribution in [3.05, 3.63) is 23.7 Å². The quantitative estimate of drug-likeness (QED) is 0.633. The average molecular weight is 341 g/mol. The summed E-state index contributed by atoms with van der Waals surface area (Å²) in [6, 6.07) is 1.87. The summed E-state index contributed by atoms with van der Waals surface area (Å²) in [5.74, 6) is 1.09. The van der Waals surface area contributed by atoms with E-state index in [1.54, 1.807) is 6.34 Å². The van der Waals surface area contributed by atoms with Crippen molar-refractivity contribution in [2.45, 2.75) is 37.4 Å². The van der Waals surface area contributed by atoms with Crippen molar-refractivity contribution >= 4 is 12.4 Å². The fourth-order valence-corrected chi connectivity index (χ4v) is 4.47. The van der Waals surface area contributed by atoms with Gasteiger partial charge in [-0.2, -0.15) is 5.26 Å². The molecule has 2 unspecified atom stereocenters. The molecule has 1 spiro atoms. The molecule has 4 heterocycles. The number of urea groups is 1. The Morgan fingerprint density at radius 1 is 1.44 bits per heavy atom. The smallest absolute Gasteiger partial charge is 0.318 e. The Hall–Kier alpha value is -2.69. The van der Waals surface area contributed by atoms with Gasteiger partial charge in [0.05, 0.1) is 17.9 Å². The van der Waals surface area contributed by atoms with E-state index in [0.717, 1.165) is 56.7 Å². The maximum Gasteiger partial charge on any atom is 0.318 e. The first-order chi connectivity index (χ1) is 12.2. The lowest BCUT2D eigenvalue weighted by Crippen LogP contribution is -2.60. The first-order valence-electron chi connectivity index (χ1n) is 8.86. The van der Waals surface area contributed by atoms with Gasteiger partial charge >= 0.3 is 6.03 Å². The Morgan fingerprint density at radius 3 is 3.12 bits per heavy atom. The summed E-state index contributed by atoms with van der Waals surface area (Å²) in [6.45, 7) is 2.60. The van der Waals surface area contributed by atoms with Crippen molar-refractivity contribution in [1.29, 1.82) is 5.26 Å². The third-order valence-corrected chi connectivity index (χ3v) is 5.54. The van der Waals surface area contributed by atoms with E-state index in [1.165, 1.54) is 0 Å². The minimum Gasteiger partial charge on any atom is -0.366 e. The minimum atomic E-state index is -0.146. The Bertz CT molecular complexity index is 692. The third kappa shape index (κ3) is 2.69. The highest BCUT2D eigenvalue weighted by atomic mass is 16.2. The molecule has 8 heteroatoms. The third-order valence-electron chi connectivity index (χ3n) is 5.54. The molecule has 0 aliphatic carbocycles. The largest absolute Gasteiger partial charge is 0.366 e. The number of aliphatic imine (C=N–C) groups is 1. The lowest BCUT2D eigenvalue weighted by atomic mass is 9.86. The van der Waals surface area contributed by atoms with E-state index < -0.39 is 0 Å². The molecule has 0 bridgehead atoms. The SMILES string of the molecule is N#CCNC(=O)N1CCCC12CCCN(C1=C3C=CNC3N=CN1)C2. The molecule has 0 aromatic carbocycles. The molecule has 2 atom stereocenters. The number of hydrogen-bond acceptors (Lipinski definition) is 6. The fourth-order valence-electron chi connectivity index (χ4n) is 4.47. The van der Waals surface area contributed by atoms with Crippen LogP contribution in [0.4, 0.5) is 4.79 Å². The highest BCUT2D eigenvalue weighted by molar-refractivity contribution is 5.76. The van der Waals surface area contributed by atoms with E-state index in [1.807, 2.05) is 17.2 Å². The van der Waals surface area contributed by atoms with Crippen molar-refractivity contribution in [2.75, 3.05) is 26.2 Å². The molecule has 2 saturated heterocycles. The molecular formula is C17H23N7O. The van der Waals surface area contributed by atoms with Gasteiger partial charge in [-0.1, -0.05) is 0 Å². The highest BCUT2D eigenvalue weighted by Gasteiger charge is 2.47. The van der Waals surface area contributed by atoms with Crippen LogP contribution in [0.5, 0.6) is 0 Å². The molecule has 0 radical (unpaired) electrons. The maximum absolute atomic E-state index is 12.5. The standard InChI is InChI=1S/C17H23N7O/c18-6-8-20-16(25)24-10-2-5-17(24)4-1-9-23(11-17)15-13-3-7-19-14(13)21-12-22-15/h3,7,12,14,19H,1-2,4-5,8-11H2,(H,20,25)(H,21,22). The molecule has 3 N–H and O–H groups in total. The van der Waals surface area contributed by atoms with Crippen molar-refractivity contribution in [1.82, 2.24) is 25.8 Å². The van der Waals surface area contributed by atoms with E-state index >= 15 is 0 Å². The number of likely N-dealkylation sites (tertiary alicyclic amines) is 2. The van der Waals surface area contributed by atoms with Crippen LogP contribution in [-0.4, -0.2) is 60.1 Å². The summed E-state index contributed by atoms with van der Waals surface area (Å²) in [4.78, 5) is 21.2. The zero-order valence-corrected chi connectivity index (χ0v) is 14.2. The molecule has 4 rings (SSSR count). The van der Waals surface area contributed by atoms with Gasteiger partial charge in [0, 0.05) is 25.2 Å². The van der Waals surface area contributed by atoms with Crippen molar-refractivity contribution in [3.8, 4) is 6.07 Å². The number of piperidine rings is 1. The van der Waals surface area contributed by atoms with E-state index in [2.05, 4.69) is 31.9 Å². The van der Waals surface area contributed by atoms with E-state index in [9.17, 15) is 4.79 Å². The summed E-state index contributed by atoms with van der Waals surface area (Å²) in [5, 5.41) is 18.0. The topological polar surface area (TPSA) is 95.8 Å². The van der Waals surface area contributed by atoms with Gasteiger partial charge in [-0.3, -0.25) is 0 Å². The molecule has 2 amide bonds. The molecule has 0 saturated carbocycles. The Balaban J connectivity index is 1.55. The minimum absolute atomic E-state index is 0.00673. The number of nitrogens with zero attached hydrogens (tertiary/aromatic N) is 4. The number of nitrogens with one attached hydrogen (secondary N) is 3. The summed E-state index contributed by atoms with van der Waals surface area (Å²) in [7, 11) is 0. The number of nitriles is 1. The lowest BCUT2D eigenvalue weighted by molar-refractivity contribution is 0.0748. The summed E-state index contributed by atoms with van der Waals surface area (Å²) < 4.78 is 0. The van der Waals surface area contributed by atoms with E-state index in [4.69, 9.17) is 5.26 Å². The Kier molecular flexibility index (Phi) is 3.99. The Labute approximate surface area is 147 Å². The van der Waals surface area contributed by atoms with Crippen LogP contribution in [-0.2, 0) is 0 Å². The number of carbonyl (C=O) groups excluding carboxylic acids is 1. The average Bonchev–Trinajstić information content (AvgIpc) is 3.26. The van der Waals surface area contributed by atoms with Crippen LogP contribution in [0.2, 0.25) is 0 Å². The normalized spacial score (nSPS) is 30.1. The molecule has 4 aliphatic heterocycles. The summed E-state index contributed by atoms with van der Waals surface area (Å²) in [5.41, 5.74) is 1.00. The van der Waals surface area contributed by atoms with Crippen LogP contribution in [0.25, 0.3) is 0 Å². The first kappa shape index (κ1) is 15.8. The van der Waals surface area contributed by atoms with Gasteiger partial charge in [-0.15, -0.1) is 0 Å². The van der Waals surface area contributed by atoms with Crippen molar-refractivity contribution in [3.63, 3.8) is 0 Å². The molecule has 132 valence electrons. The first-order valence-corrected chi connectivity index (χ1v) is 8.86. The van der Waals surface area contributed by atoms with E-state index in [0.29, 0.717) is 0 Å². The van der Waals surface area contributed by atoms with Crippen molar-refractivity contribution < 1.29 is 4.79 Å². The molecule has 8 nitrogen and oxygen atoms in total. The van der Waals surface area contributed by atoms with Gasteiger partial charge in [0.25, 0.3) is 0 Å². The van der Waals surface area contributed by atoms with Gasteiger partial charge in [0.2, 0.25) is 0 Å². The van der Waals surface area contributed by atoms with Crippen LogP contribution in [0.1, 0.15) is 25.7 Å². The second-order valence-corrected chi connectivity index (χ2v) is 6.95. The van der Waals surface area contributed by atoms with Crippen LogP contribution in [0.15, 0.2) is 28.7 Å². The molecule has 2 fully saturated rings. The number of carbonyl (C=O) groups is 1. The zero-order valence-electron chi connectivity index (χ0n) is 14.2. The number of fused-ring (bicyclic) bond motifs is 1.